The Morgan fingerprint density at radius 2 is 1.88 bits per heavy atom. The van der Waals surface area contributed by atoms with Gasteiger partial charge in [-0.3, -0.25) is 4.79 Å². The van der Waals surface area contributed by atoms with Crippen LogP contribution >= 0.6 is 0 Å². The van der Waals surface area contributed by atoms with Gasteiger partial charge in [-0.05, 0) is 74.2 Å². The topological polar surface area (TPSA) is 50.1 Å². The molecule has 0 aliphatic heterocycles. The molecule has 0 aromatic rings. The quantitative estimate of drug-likeness (QED) is 0.716. The van der Waals surface area contributed by atoms with Crippen LogP contribution in [0.2, 0.25) is 0 Å². The van der Waals surface area contributed by atoms with Gasteiger partial charge >= 0.3 is 0 Å². The van der Waals surface area contributed by atoms with Gasteiger partial charge in [-0.15, -0.1) is 0 Å². The summed E-state index contributed by atoms with van der Waals surface area (Å²) >= 11 is 0. The molecule has 3 nitrogen and oxygen atoms in total. The van der Waals surface area contributed by atoms with Crippen LogP contribution in [0.15, 0.2) is 11.6 Å². The molecule has 24 heavy (non-hydrogen) atoms. The van der Waals surface area contributed by atoms with Crippen LogP contribution in [0.4, 0.5) is 0 Å². The van der Waals surface area contributed by atoms with Crippen molar-refractivity contribution < 1.29 is 9.53 Å². The van der Waals surface area contributed by atoms with Gasteiger partial charge in [0.2, 0.25) is 0 Å². The lowest BCUT2D eigenvalue weighted by atomic mass is 9.46. The fraction of sp³-hybridized carbons (Fsp3) is 0.810. The average Bonchev–Trinajstić information content (AvgIpc) is 2.88. The first-order valence-electron chi connectivity index (χ1n) is 9.60. The summed E-state index contributed by atoms with van der Waals surface area (Å²) in [5.74, 6) is 2.27. The fourth-order valence-corrected chi connectivity index (χ4v) is 7.12. The molecule has 4 rings (SSSR count). The van der Waals surface area contributed by atoms with E-state index in [0.29, 0.717) is 30.0 Å². The molecule has 4 aliphatic rings. The third kappa shape index (κ3) is 1.84. The predicted octanol–water partition coefficient (Wildman–Crippen LogP) is 4.43. The third-order valence-corrected chi connectivity index (χ3v) is 8.61. The summed E-state index contributed by atoms with van der Waals surface area (Å²) < 4.78 is 5.83. The molecule has 130 valence electrons. The summed E-state index contributed by atoms with van der Waals surface area (Å²) in [5, 5.41) is 9.86. The normalized spacial score (nSPS) is 50.3. The second-order valence-corrected chi connectivity index (χ2v) is 9.11. The smallest absolute Gasteiger partial charge is 0.159 e. The number of fused-ring (bicyclic) bond motifs is 5. The number of carbonyl (C=O) groups is 1. The number of hydrogen-bond acceptors (Lipinski definition) is 3. The summed E-state index contributed by atoms with van der Waals surface area (Å²) in [5.41, 5.74) is 1.02. The largest absolute Gasteiger partial charge is 0.363 e. The van der Waals surface area contributed by atoms with Crippen LogP contribution in [-0.4, -0.2) is 18.5 Å². The monoisotopic (exact) mass is 327 g/mol. The summed E-state index contributed by atoms with van der Waals surface area (Å²) in [4.78, 5) is 11.9. The Morgan fingerprint density at radius 1 is 1.12 bits per heavy atom. The van der Waals surface area contributed by atoms with Crippen molar-refractivity contribution in [2.24, 2.45) is 28.6 Å². The first-order chi connectivity index (χ1) is 11.4. The molecule has 3 heteroatoms. The highest BCUT2D eigenvalue weighted by Gasteiger charge is 2.65. The number of methoxy groups -OCH3 is 1. The van der Waals surface area contributed by atoms with Crippen molar-refractivity contribution in [1.29, 1.82) is 5.26 Å². The van der Waals surface area contributed by atoms with Crippen molar-refractivity contribution in [3.8, 4) is 6.07 Å². The predicted molar refractivity (Wildman–Crippen MR) is 92.1 cm³/mol. The van der Waals surface area contributed by atoms with Gasteiger partial charge < -0.3 is 4.74 Å². The van der Waals surface area contributed by atoms with Crippen molar-refractivity contribution in [1.82, 2.24) is 0 Å². The van der Waals surface area contributed by atoms with Crippen LogP contribution in [0, 0.1) is 39.9 Å². The number of nitrogens with zero attached hydrogens (tertiary/aromatic N) is 1. The molecule has 0 aromatic heterocycles. The Labute approximate surface area is 145 Å². The van der Waals surface area contributed by atoms with Gasteiger partial charge in [-0.25, -0.2) is 0 Å². The maximum atomic E-state index is 11.9. The molecule has 6 atom stereocenters. The summed E-state index contributed by atoms with van der Waals surface area (Å²) in [7, 11) is 1.72. The molecule has 0 bridgehead atoms. The highest BCUT2D eigenvalue weighted by atomic mass is 16.5. The molecule has 3 saturated carbocycles. The highest BCUT2D eigenvalue weighted by Crippen LogP contribution is 2.67. The molecule has 4 aliphatic carbocycles. The van der Waals surface area contributed by atoms with Gasteiger partial charge in [0.25, 0.3) is 0 Å². The Balaban J connectivity index is 1.70. The van der Waals surface area contributed by atoms with Gasteiger partial charge in [0.05, 0.1) is 6.07 Å². The zero-order valence-electron chi connectivity index (χ0n) is 15.2. The van der Waals surface area contributed by atoms with Gasteiger partial charge in [-0.1, -0.05) is 19.4 Å². The van der Waals surface area contributed by atoms with Crippen molar-refractivity contribution in [3.05, 3.63) is 11.6 Å². The molecule has 0 radical (unpaired) electrons. The van der Waals surface area contributed by atoms with Crippen molar-refractivity contribution in [3.63, 3.8) is 0 Å². The van der Waals surface area contributed by atoms with E-state index in [9.17, 15) is 10.1 Å². The summed E-state index contributed by atoms with van der Waals surface area (Å²) in [6.07, 6.45) is 10.2. The van der Waals surface area contributed by atoms with Crippen molar-refractivity contribution in [2.45, 2.75) is 70.8 Å². The van der Waals surface area contributed by atoms with E-state index in [4.69, 9.17) is 4.74 Å². The number of ketones is 1. The second kappa shape index (κ2) is 5.18. The molecule has 0 aromatic carbocycles. The van der Waals surface area contributed by atoms with Crippen LogP contribution < -0.4 is 0 Å². The number of carbonyl (C=O) groups excluding carboxylic acids is 1. The van der Waals surface area contributed by atoms with E-state index in [0.717, 1.165) is 32.1 Å². The zero-order chi connectivity index (χ0) is 17.2. The molecule has 1 unspecified atom stereocenters. The molecule has 0 amide bonds. The molecule has 0 spiro atoms. The maximum Gasteiger partial charge on any atom is 0.159 e. The van der Waals surface area contributed by atoms with Crippen molar-refractivity contribution in [2.75, 3.05) is 7.11 Å². The minimum atomic E-state index is -0.595. The summed E-state index contributed by atoms with van der Waals surface area (Å²) in [6.45, 7) is 4.72. The fourth-order valence-electron chi connectivity index (χ4n) is 7.12. The molecule has 0 N–H and O–H groups in total. The lowest BCUT2D eigenvalue weighted by Gasteiger charge is -2.58. The van der Waals surface area contributed by atoms with Gasteiger partial charge in [-0.2, -0.15) is 5.26 Å². The first kappa shape index (κ1) is 16.3. The third-order valence-electron chi connectivity index (χ3n) is 8.61. The van der Waals surface area contributed by atoms with Crippen LogP contribution in [0.25, 0.3) is 0 Å². The second-order valence-electron chi connectivity index (χ2n) is 9.11. The van der Waals surface area contributed by atoms with E-state index in [1.807, 2.05) is 6.08 Å². The van der Waals surface area contributed by atoms with Crippen LogP contribution in [-0.2, 0) is 9.53 Å². The van der Waals surface area contributed by atoms with Gasteiger partial charge in [0.1, 0.15) is 0 Å². The first-order valence-corrected chi connectivity index (χ1v) is 9.60. The Morgan fingerprint density at radius 3 is 2.58 bits per heavy atom. The van der Waals surface area contributed by atoms with Crippen LogP contribution in [0.1, 0.15) is 65.2 Å². The van der Waals surface area contributed by atoms with E-state index in [1.165, 1.54) is 18.4 Å². The van der Waals surface area contributed by atoms with E-state index in [-0.39, 0.29) is 10.8 Å². The minimum absolute atomic E-state index is 0.0142. The number of nitriles is 1. The Bertz CT molecular complexity index is 647. The SMILES string of the molecule is CO[C@]1(C#N)CC[C@@H]2C3CCC4=CC(=O)CC[C@]4(C)[C@@H]3CC[C@@]21C. The summed E-state index contributed by atoms with van der Waals surface area (Å²) in [6, 6.07) is 2.56. The molecule has 3 fully saturated rings. The number of hydrogen-bond donors (Lipinski definition) is 0. The lowest BCUT2D eigenvalue weighted by Crippen LogP contribution is -2.55. The van der Waals surface area contributed by atoms with Crippen LogP contribution in [0.5, 0.6) is 0 Å². The molecule has 0 saturated heterocycles. The van der Waals surface area contributed by atoms with E-state index >= 15 is 0 Å². The highest BCUT2D eigenvalue weighted by molar-refractivity contribution is 5.91. The number of allylic oxidation sites excluding steroid dienone is 1. The van der Waals surface area contributed by atoms with Gasteiger partial charge in [0.15, 0.2) is 11.4 Å². The average molecular weight is 327 g/mol. The number of ether oxygens (including phenoxy) is 1. The zero-order valence-corrected chi connectivity index (χ0v) is 15.2. The lowest BCUT2D eigenvalue weighted by molar-refractivity contribution is -0.123. The van der Waals surface area contributed by atoms with Crippen molar-refractivity contribution >= 4 is 5.78 Å². The number of rotatable bonds is 1. The molecular weight excluding hydrogens is 298 g/mol. The van der Waals surface area contributed by atoms with E-state index < -0.39 is 5.60 Å². The minimum Gasteiger partial charge on any atom is -0.363 e. The van der Waals surface area contributed by atoms with E-state index in [1.54, 1.807) is 7.11 Å². The van der Waals surface area contributed by atoms with Crippen LogP contribution in [0.3, 0.4) is 0 Å². The Hall–Kier alpha value is -1.14. The standard InChI is InChI=1S/C21H29NO2/c1-19-9-6-15(23)12-14(19)4-5-16-17(19)7-10-20(2)18(16)8-11-21(20,13-22)24-3/h12,16-18H,4-11H2,1-3H3/t16?,17-,18-,19+,20+,21+/m1/s1. The Kier molecular flexibility index (Phi) is 3.52. The van der Waals surface area contributed by atoms with E-state index in [2.05, 4.69) is 19.9 Å². The molecular formula is C21H29NO2. The maximum absolute atomic E-state index is 11.9. The molecule has 0 heterocycles. The van der Waals surface area contributed by atoms with Gasteiger partial charge in [0, 0.05) is 18.9 Å².